The lowest BCUT2D eigenvalue weighted by molar-refractivity contribution is 0.297. The highest BCUT2D eigenvalue weighted by Crippen LogP contribution is 2.22. The number of nitrogens with two attached hydrogens (primary N) is 1. The maximum Gasteiger partial charge on any atom is 0.229 e. The van der Waals surface area contributed by atoms with E-state index in [4.69, 9.17) is 15.2 Å². The Labute approximate surface area is 114 Å². The molecule has 3 aromatic rings. The van der Waals surface area contributed by atoms with Crippen molar-refractivity contribution in [1.82, 2.24) is 20.2 Å². The van der Waals surface area contributed by atoms with Crippen LogP contribution in [0.4, 0.5) is 5.95 Å². The van der Waals surface area contributed by atoms with Crippen LogP contribution in [-0.4, -0.2) is 27.3 Å². The molecule has 0 fully saturated rings. The molecule has 20 heavy (non-hydrogen) atoms. The van der Waals surface area contributed by atoms with Gasteiger partial charge in [-0.2, -0.15) is 15.1 Å². The van der Waals surface area contributed by atoms with Gasteiger partial charge in [0.05, 0.1) is 13.3 Å². The van der Waals surface area contributed by atoms with Gasteiger partial charge >= 0.3 is 0 Å². The van der Waals surface area contributed by atoms with Crippen molar-refractivity contribution >= 4 is 17.0 Å². The summed E-state index contributed by atoms with van der Waals surface area (Å²) in [6, 6.07) is 7.62. The van der Waals surface area contributed by atoms with Crippen molar-refractivity contribution in [2.45, 2.75) is 6.61 Å². The molecule has 3 rings (SSSR count). The van der Waals surface area contributed by atoms with Crippen LogP contribution in [0.3, 0.4) is 0 Å². The first-order chi connectivity index (χ1) is 9.76. The van der Waals surface area contributed by atoms with Crippen LogP contribution >= 0.6 is 0 Å². The van der Waals surface area contributed by atoms with E-state index in [1.807, 2.05) is 24.3 Å². The predicted octanol–water partition coefficient (Wildman–Crippen LogP) is 1.52. The van der Waals surface area contributed by atoms with Crippen LogP contribution in [0.2, 0.25) is 0 Å². The van der Waals surface area contributed by atoms with E-state index < -0.39 is 0 Å². The summed E-state index contributed by atoms with van der Waals surface area (Å²) >= 11 is 0. The number of aromatic amines is 1. The largest absolute Gasteiger partial charge is 0.497 e. The van der Waals surface area contributed by atoms with E-state index in [0.29, 0.717) is 23.5 Å². The molecule has 0 saturated heterocycles. The lowest BCUT2D eigenvalue weighted by Gasteiger charge is -2.07. The van der Waals surface area contributed by atoms with Crippen molar-refractivity contribution in [3.05, 3.63) is 36.0 Å². The molecule has 0 bridgehead atoms. The van der Waals surface area contributed by atoms with Crippen molar-refractivity contribution in [3.63, 3.8) is 0 Å². The third-order valence-electron chi connectivity index (χ3n) is 2.80. The van der Waals surface area contributed by atoms with Gasteiger partial charge in [-0.05, 0) is 17.7 Å². The number of nitrogen functional groups attached to an aromatic ring is 1. The Bertz CT molecular complexity index is 740. The highest BCUT2D eigenvalue weighted by Gasteiger charge is 2.09. The average molecular weight is 271 g/mol. The maximum absolute atomic E-state index is 5.70. The highest BCUT2D eigenvalue weighted by molar-refractivity contribution is 5.80. The third kappa shape index (κ3) is 2.33. The van der Waals surface area contributed by atoms with Crippen LogP contribution in [-0.2, 0) is 6.61 Å². The molecule has 102 valence electrons. The van der Waals surface area contributed by atoms with Gasteiger partial charge in [-0.3, -0.25) is 5.10 Å². The zero-order valence-electron chi connectivity index (χ0n) is 10.8. The molecule has 3 N–H and O–H groups in total. The minimum Gasteiger partial charge on any atom is -0.497 e. The number of hydrogen-bond acceptors (Lipinski definition) is 6. The minimum absolute atomic E-state index is 0.141. The van der Waals surface area contributed by atoms with Gasteiger partial charge < -0.3 is 15.2 Å². The van der Waals surface area contributed by atoms with E-state index in [2.05, 4.69) is 20.2 Å². The summed E-state index contributed by atoms with van der Waals surface area (Å²) in [5.41, 5.74) is 7.15. The molecule has 0 radical (unpaired) electrons. The number of nitrogens with zero attached hydrogens (tertiary/aromatic N) is 3. The maximum atomic E-state index is 5.70. The molecule has 7 heteroatoms. The zero-order valence-corrected chi connectivity index (χ0v) is 10.8. The Morgan fingerprint density at radius 1 is 1.30 bits per heavy atom. The molecule has 2 aromatic heterocycles. The number of fused-ring (bicyclic) bond motifs is 1. The number of benzene rings is 1. The second-order valence-electron chi connectivity index (χ2n) is 4.16. The minimum atomic E-state index is 0.141. The van der Waals surface area contributed by atoms with Crippen LogP contribution in [0.5, 0.6) is 11.6 Å². The highest BCUT2D eigenvalue weighted by atomic mass is 16.5. The van der Waals surface area contributed by atoms with Crippen LogP contribution < -0.4 is 15.2 Å². The Balaban J connectivity index is 1.84. The molecule has 7 nitrogen and oxygen atoms in total. The van der Waals surface area contributed by atoms with Crippen molar-refractivity contribution in [2.75, 3.05) is 12.8 Å². The van der Waals surface area contributed by atoms with E-state index in [1.165, 1.54) is 0 Å². The normalized spacial score (nSPS) is 10.7. The van der Waals surface area contributed by atoms with Gasteiger partial charge in [-0.15, -0.1) is 0 Å². The summed E-state index contributed by atoms with van der Waals surface area (Å²) in [7, 11) is 1.63. The second kappa shape index (κ2) is 5.04. The van der Waals surface area contributed by atoms with Gasteiger partial charge in [0.25, 0.3) is 0 Å². The number of nitrogens with one attached hydrogen (secondary N) is 1. The SMILES string of the molecule is COc1cccc(COc2nc(N)nc3[nH]ncc23)c1. The van der Waals surface area contributed by atoms with Crippen LogP contribution in [0.25, 0.3) is 11.0 Å². The lowest BCUT2D eigenvalue weighted by atomic mass is 10.2. The number of anilines is 1. The van der Waals surface area contributed by atoms with Crippen molar-refractivity contribution < 1.29 is 9.47 Å². The summed E-state index contributed by atoms with van der Waals surface area (Å²) in [5, 5.41) is 7.33. The molecule has 0 saturated carbocycles. The smallest absolute Gasteiger partial charge is 0.229 e. The standard InChI is InChI=1S/C13H13N5O2/c1-19-9-4-2-3-8(5-9)7-20-12-10-6-15-18-11(10)16-13(14)17-12/h2-6H,7H2,1H3,(H3,14,15,16,17,18). The van der Waals surface area contributed by atoms with Gasteiger partial charge in [0.15, 0.2) is 5.65 Å². The molecular formula is C13H13N5O2. The quantitative estimate of drug-likeness (QED) is 0.746. The molecule has 0 unspecified atom stereocenters. The second-order valence-corrected chi connectivity index (χ2v) is 4.16. The van der Waals surface area contributed by atoms with Gasteiger partial charge in [0, 0.05) is 0 Å². The van der Waals surface area contributed by atoms with E-state index in [-0.39, 0.29) is 5.95 Å². The molecule has 0 aliphatic rings. The Hall–Kier alpha value is -2.83. The average Bonchev–Trinajstić information content (AvgIpc) is 2.93. The van der Waals surface area contributed by atoms with E-state index in [1.54, 1.807) is 13.3 Å². The van der Waals surface area contributed by atoms with E-state index in [9.17, 15) is 0 Å². The van der Waals surface area contributed by atoms with E-state index in [0.717, 1.165) is 11.3 Å². The Morgan fingerprint density at radius 3 is 3.05 bits per heavy atom. The number of rotatable bonds is 4. The van der Waals surface area contributed by atoms with Crippen molar-refractivity contribution in [3.8, 4) is 11.6 Å². The van der Waals surface area contributed by atoms with Crippen molar-refractivity contribution in [2.24, 2.45) is 0 Å². The van der Waals surface area contributed by atoms with Crippen LogP contribution in [0, 0.1) is 0 Å². The summed E-state index contributed by atoms with van der Waals surface area (Å²) in [5.74, 6) is 1.33. The molecule has 0 spiro atoms. The summed E-state index contributed by atoms with van der Waals surface area (Å²) in [6.45, 7) is 0.355. The first-order valence-corrected chi connectivity index (χ1v) is 5.98. The summed E-state index contributed by atoms with van der Waals surface area (Å²) < 4.78 is 10.9. The molecule has 2 heterocycles. The van der Waals surface area contributed by atoms with E-state index >= 15 is 0 Å². The fourth-order valence-corrected chi connectivity index (χ4v) is 1.85. The van der Waals surface area contributed by atoms with Gasteiger partial charge in [0.2, 0.25) is 11.8 Å². The van der Waals surface area contributed by atoms with Gasteiger partial charge in [-0.25, -0.2) is 0 Å². The number of hydrogen-bond donors (Lipinski definition) is 2. The Kier molecular flexibility index (Phi) is 3.08. The first-order valence-electron chi connectivity index (χ1n) is 5.98. The fraction of sp³-hybridized carbons (Fsp3) is 0.154. The fourth-order valence-electron chi connectivity index (χ4n) is 1.85. The molecule has 1 aromatic carbocycles. The monoisotopic (exact) mass is 271 g/mol. The Morgan fingerprint density at radius 2 is 2.20 bits per heavy atom. The number of ether oxygens (including phenoxy) is 2. The topological polar surface area (TPSA) is 98.9 Å². The first kappa shape index (κ1) is 12.2. The number of aromatic nitrogens is 4. The summed E-state index contributed by atoms with van der Waals surface area (Å²) in [6.07, 6.45) is 1.61. The molecular weight excluding hydrogens is 258 g/mol. The molecule has 0 amide bonds. The molecule has 0 aliphatic carbocycles. The zero-order chi connectivity index (χ0) is 13.9. The van der Waals surface area contributed by atoms with Gasteiger partial charge in [0.1, 0.15) is 17.7 Å². The van der Waals surface area contributed by atoms with Crippen molar-refractivity contribution in [1.29, 1.82) is 0 Å². The summed E-state index contributed by atoms with van der Waals surface area (Å²) in [4.78, 5) is 8.11. The number of methoxy groups -OCH3 is 1. The number of H-pyrrole nitrogens is 1. The lowest BCUT2D eigenvalue weighted by Crippen LogP contribution is -2.02. The van der Waals surface area contributed by atoms with Crippen LogP contribution in [0.15, 0.2) is 30.5 Å². The molecule has 0 aliphatic heterocycles. The van der Waals surface area contributed by atoms with Gasteiger partial charge in [-0.1, -0.05) is 12.1 Å². The third-order valence-corrected chi connectivity index (χ3v) is 2.80. The van der Waals surface area contributed by atoms with Crippen LogP contribution in [0.1, 0.15) is 5.56 Å². The molecule has 0 atom stereocenters. The predicted molar refractivity (Wildman–Crippen MR) is 73.4 cm³/mol.